The first-order valence-electron chi connectivity index (χ1n) is 6.19. The predicted molar refractivity (Wildman–Crippen MR) is 80.1 cm³/mol. The van der Waals surface area contributed by atoms with E-state index in [9.17, 15) is 14.9 Å². The molecule has 116 valence electrons. The fraction of sp³-hybridized carbons (Fsp3) is 0.231. The third kappa shape index (κ3) is 5.05. The van der Waals surface area contributed by atoms with Crippen molar-refractivity contribution in [2.24, 2.45) is 0 Å². The van der Waals surface area contributed by atoms with Crippen molar-refractivity contribution in [3.8, 4) is 6.07 Å². The minimum atomic E-state index is -0.712. The van der Waals surface area contributed by atoms with Crippen molar-refractivity contribution in [3.63, 3.8) is 0 Å². The van der Waals surface area contributed by atoms with Crippen molar-refractivity contribution in [2.75, 3.05) is 18.5 Å². The zero-order valence-corrected chi connectivity index (χ0v) is 12.1. The smallest absolute Gasteiger partial charge is 0.289 e. The Morgan fingerprint density at radius 3 is 2.86 bits per heavy atom. The number of rotatable bonds is 7. The zero-order chi connectivity index (χ0) is 16.5. The second kappa shape index (κ2) is 8.61. The minimum Gasteiger partial charge on any atom is -0.396 e. The molecule has 3 N–H and O–H groups in total. The van der Waals surface area contributed by atoms with Gasteiger partial charge in [0.25, 0.3) is 11.6 Å². The number of aliphatic hydroxyl groups is 1. The van der Waals surface area contributed by atoms with Crippen molar-refractivity contribution < 1.29 is 14.8 Å². The molecule has 0 aliphatic heterocycles. The Bertz CT molecular complexity index is 639. The van der Waals surface area contributed by atoms with Crippen LogP contribution >= 0.6 is 11.6 Å². The first-order valence-corrected chi connectivity index (χ1v) is 6.57. The van der Waals surface area contributed by atoms with Crippen molar-refractivity contribution in [2.45, 2.75) is 6.42 Å². The van der Waals surface area contributed by atoms with Crippen molar-refractivity contribution in [1.82, 2.24) is 5.32 Å². The van der Waals surface area contributed by atoms with E-state index in [-0.39, 0.29) is 28.6 Å². The SMILES string of the molecule is N#C/C(=C/NCCCO)C(=O)Nc1ccc(Cl)c([N+](=O)[O-])c1. The molecule has 1 rings (SSSR count). The lowest BCUT2D eigenvalue weighted by Crippen LogP contribution is -2.17. The van der Waals surface area contributed by atoms with Crippen LogP contribution in [-0.2, 0) is 4.79 Å². The van der Waals surface area contributed by atoms with Crippen LogP contribution in [0.25, 0.3) is 0 Å². The monoisotopic (exact) mass is 324 g/mol. The van der Waals surface area contributed by atoms with Crippen LogP contribution in [0.2, 0.25) is 5.02 Å². The van der Waals surface area contributed by atoms with Gasteiger partial charge in [-0.15, -0.1) is 0 Å². The van der Waals surface area contributed by atoms with E-state index in [4.69, 9.17) is 22.0 Å². The number of aliphatic hydroxyl groups excluding tert-OH is 1. The number of carbonyl (C=O) groups is 1. The number of carbonyl (C=O) groups excluding carboxylic acids is 1. The molecule has 9 heteroatoms. The molecule has 22 heavy (non-hydrogen) atoms. The van der Waals surface area contributed by atoms with Crippen LogP contribution < -0.4 is 10.6 Å². The van der Waals surface area contributed by atoms with Gasteiger partial charge >= 0.3 is 0 Å². The van der Waals surface area contributed by atoms with E-state index in [1.165, 1.54) is 18.3 Å². The van der Waals surface area contributed by atoms with E-state index in [1.54, 1.807) is 6.07 Å². The molecule has 0 saturated carbocycles. The van der Waals surface area contributed by atoms with Gasteiger partial charge in [0.1, 0.15) is 16.7 Å². The highest BCUT2D eigenvalue weighted by Crippen LogP contribution is 2.27. The van der Waals surface area contributed by atoms with Crippen LogP contribution in [0.15, 0.2) is 30.0 Å². The second-order valence-corrected chi connectivity index (χ2v) is 4.49. The first-order chi connectivity index (χ1) is 10.5. The average molecular weight is 325 g/mol. The number of halogens is 1. The summed E-state index contributed by atoms with van der Waals surface area (Å²) in [5, 5.41) is 33.3. The van der Waals surface area contributed by atoms with Crippen LogP contribution in [0.5, 0.6) is 0 Å². The largest absolute Gasteiger partial charge is 0.396 e. The van der Waals surface area contributed by atoms with Crippen LogP contribution in [0.1, 0.15) is 6.42 Å². The Balaban J connectivity index is 2.81. The molecule has 0 unspecified atom stereocenters. The molecular formula is C13H13ClN4O4. The molecule has 0 aliphatic rings. The number of nitriles is 1. The lowest BCUT2D eigenvalue weighted by molar-refractivity contribution is -0.384. The molecule has 0 bridgehead atoms. The summed E-state index contributed by atoms with van der Waals surface area (Å²) >= 11 is 5.67. The normalized spacial score (nSPS) is 10.7. The standard InChI is InChI=1S/C13H13ClN4O4/c14-11-3-2-10(6-12(11)18(21)22)17-13(20)9(7-15)8-16-4-1-5-19/h2-3,6,8,16,19H,1,4-5H2,(H,17,20)/b9-8-. The minimum absolute atomic E-state index is 0.0106. The number of benzene rings is 1. The number of hydrogen-bond donors (Lipinski definition) is 3. The predicted octanol–water partition coefficient (Wildman–Crippen LogP) is 1.57. The van der Waals surface area contributed by atoms with Gasteiger partial charge in [-0.2, -0.15) is 5.26 Å². The molecular weight excluding hydrogens is 312 g/mol. The van der Waals surface area contributed by atoms with E-state index in [2.05, 4.69) is 10.6 Å². The van der Waals surface area contributed by atoms with Crippen molar-refractivity contribution >= 4 is 28.9 Å². The van der Waals surface area contributed by atoms with Crippen LogP contribution in [0.4, 0.5) is 11.4 Å². The van der Waals surface area contributed by atoms with Gasteiger partial charge in [0, 0.05) is 31.1 Å². The van der Waals surface area contributed by atoms with Gasteiger partial charge in [-0.05, 0) is 18.6 Å². The summed E-state index contributed by atoms with van der Waals surface area (Å²) in [6, 6.07) is 5.49. The third-order valence-electron chi connectivity index (χ3n) is 2.49. The zero-order valence-electron chi connectivity index (χ0n) is 11.4. The highest BCUT2D eigenvalue weighted by Gasteiger charge is 2.15. The Kier molecular flexibility index (Phi) is 6.82. The van der Waals surface area contributed by atoms with E-state index in [0.29, 0.717) is 13.0 Å². The molecule has 0 aliphatic carbocycles. The Hall–Kier alpha value is -2.63. The highest BCUT2D eigenvalue weighted by molar-refractivity contribution is 6.32. The van der Waals surface area contributed by atoms with E-state index in [0.717, 1.165) is 6.07 Å². The molecule has 1 amide bonds. The highest BCUT2D eigenvalue weighted by atomic mass is 35.5. The number of nitro benzene ring substituents is 1. The molecule has 0 spiro atoms. The molecule has 0 heterocycles. The molecule has 0 aromatic heterocycles. The molecule has 0 saturated heterocycles. The Morgan fingerprint density at radius 1 is 1.55 bits per heavy atom. The number of nitro groups is 1. The van der Waals surface area contributed by atoms with Crippen molar-refractivity contribution in [1.29, 1.82) is 5.26 Å². The van der Waals surface area contributed by atoms with Gasteiger partial charge in [0.15, 0.2) is 0 Å². The average Bonchev–Trinajstić information content (AvgIpc) is 2.49. The van der Waals surface area contributed by atoms with Gasteiger partial charge in [-0.3, -0.25) is 14.9 Å². The fourth-order valence-electron chi connectivity index (χ4n) is 1.43. The summed E-state index contributed by atoms with van der Waals surface area (Å²) in [5.74, 6) is -0.712. The lowest BCUT2D eigenvalue weighted by Gasteiger charge is -2.05. The Morgan fingerprint density at radius 2 is 2.27 bits per heavy atom. The molecule has 1 aromatic rings. The molecule has 0 atom stereocenters. The lowest BCUT2D eigenvalue weighted by atomic mass is 10.2. The maximum absolute atomic E-state index is 11.9. The quantitative estimate of drug-likeness (QED) is 0.229. The summed E-state index contributed by atoms with van der Waals surface area (Å²) in [6.07, 6.45) is 1.69. The summed E-state index contributed by atoms with van der Waals surface area (Å²) in [4.78, 5) is 22.0. The summed E-state index contributed by atoms with van der Waals surface area (Å²) in [5.41, 5.74) is -0.392. The van der Waals surface area contributed by atoms with Crippen molar-refractivity contribution in [3.05, 3.63) is 45.1 Å². The third-order valence-corrected chi connectivity index (χ3v) is 2.81. The topological polar surface area (TPSA) is 128 Å². The number of amides is 1. The van der Waals surface area contributed by atoms with E-state index in [1.807, 2.05) is 0 Å². The maximum atomic E-state index is 11.9. The summed E-state index contributed by atoms with van der Waals surface area (Å²) in [6.45, 7) is 0.394. The van der Waals surface area contributed by atoms with Crippen LogP contribution in [-0.4, -0.2) is 29.1 Å². The van der Waals surface area contributed by atoms with Crippen LogP contribution in [0, 0.1) is 21.4 Å². The van der Waals surface area contributed by atoms with Gasteiger partial charge in [0.05, 0.1) is 4.92 Å². The summed E-state index contributed by atoms with van der Waals surface area (Å²) in [7, 11) is 0. The van der Waals surface area contributed by atoms with Gasteiger partial charge < -0.3 is 15.7 Å². The van der Waals surface area contributed by atoms with Gasteiger partial charge in [-0.25, -0.2) is 0 Å². The van der Waals surface area contributed by atoms with Gasteiger partial charge in [-0.1, -0.05) is 11.6 Å². The molecule has 8 nitrogen and oxygen atoms in total. The first kappa shape index (κ1) is 17.4. The summed E-state index contributed by atoms with van der Waals surface area (Å²) < 4.78 is 0. The number of nitrogens with one attached hydrogen (secondary N) is 2. The van der Waals surface area contributed by atoms with Crippen LogP contribution in [0.3, 0.4) is 0 Å². The van der Waals surface area contributed by atoms with Gasteiger partial charge in [0.2, 0.25) is 0 Å². The number of hydrogen-bond acceptors (Lipinski definition) is 6. The number of anilines is 1. The number of nitrogens with zero attached hydrogens (tertiary/aromatic N) is 2. The van der Waals surface area contributed by atoms with E-state index >= 15 is 0 Å². The maximum Gasteiger partial charge on any atom is 0.289 e. The second-order valence-electron chi connectivity index (χ2n) is 4.08. The Labute approximate surface area is 131 Å². The van der Waals surface area contributed by atoms with E-state index < -0.39 is 10.8 Å². The molecule has 0 fully saturated rings. The molecule has 0 radical (unpaired) electrons. The molecule has 1 aromatic carbocycles. The fourth-order valence-corrected chi connectivity index (χ4v) is 1.62.